The third kappa shape index (κ3) is 3.83. The molecule has 0 saturated carbocycles. The molecule has 0 aliphatic carbocycles. The Morgan fingerprint density at radius 1 is 0.962 bits per heavy atom. The predicted molar refractivity (Wildman–Crippen MR) is 102 cm³/mol. The number of hydrogen-bond donors (Lipinski definition) is 0. The first-order chi connectivity index (χ1) is 12.6. The predicted octanol–water partition coefficient (Wildman–Crippen LogP) is 4.64. The van der Waals surface area contributed by atoms with E-state index in [2.05, 4.69) is 4.74 Å². The Labute approximate surface area is 156 Å². The maximum Gasteiger partial charge on any atom is 0.337 e. The lowest BCUT2D eigenvalue weighted by molar-refractivity contribution is 0.0600. The van der Waals surface area contributed by atoms with Crippen molar-refractivity contribution in [1.82, 2.24) is 0 Å². The summed E-state index contributed by atoms with van der Waals surface area (Å²) in [6, 6.07) is 16.4. The maximum absolute atomic E-state index is 12.7. The van der Waals surface area contributed by atoms with Gasteiger partial charge in [-0.2, -0.15) is 0 Å². The average Bonchev–Trinajstić information content (AvgIpc) is 3.22. The lowest BCUT2D eigenvalue weighted by Gasteiger charge is -2.10. The van der Waals surface area contributed by atoms with Gasteiger partial charge in [0, 0.05) is 22.4 Å². The fraction of sp³-hybridized carbons (Fsp3) is 0.143. The number of carbonyl (C=O) groups is 2. The van der Waals surface area contributed by atoms with Crippen molar-refractivity contribution in [2.75, 3.05) is 14.2 Å². The molecule has 0 saturated heterocycles. The molecule has 1 aromatic heterocycles. The normalized spacial score (nSPS) is 10.4. The van der Waals surface area contributed by atoms with Crippen molar-refractivity contribution in [2.24, 2.45) is 0 Å². The van der Waals surface area contributed by atoms with Crippen molar-refractivity contribution in [2.45, 2.75) is 6.42 Å². The van der Waals surface area contributed by atoms with Gasteiger partial charge in [-0.3, -0.25) is 4.79 Å². The first-order valence-electron chi connectivity index (χ1n) is 8.04. The smallest absolute Gasteiger partial charge is 0.337 e. The monoisotopic (exact) mass is 366 g/mol. The standard InChI is InChI=1S/C21H18O4S/c1-24-19-10-9-16(20-4-3-11-26-20)12-17(19)13-18(22)14-5-7-15(8-6-14)21(23)25-2/h3-12H,13H2,1-2H3. The van der Waals surface area contributed by atoms with Gasteiger partial charge in [0.25, 0.3) is 0 Å². The SMILES string of the molecule is COC(=O)c1ccc(C(=O)Cc2cc(-c3cccs3)ccc2OC)cc1. The van der Waals surface area contributed by atoms with Crippen LogP contribution in [-0.4, -0.2) is 26.0 Å². The summed E-state index contributed by atoms with van der Waals surface area (Å²) in [6.45, 7) is 0. The van der Waals surface area contributed by atoms with Crippen LogP contribution in [0, 0.1) is 0 Å². The summed E-state index contributed by atoms with van der Waals surface area (Å²) in [4.78, 5) is 25.3. The molecule has 0 spiro atoms. The molecule has 0 radical (unpaired) electrons. The Bertz CT molecular complexity index is 912. The molecule has 3 rings (SSSR count). The summed E-state index contributed by atoms with van der Waals surface area (Å²) in [7, 11) is 2.92. The van der Waals surface area contributed by atoms with Crippen LogP contribution in [-0.2, 0) is 11.2 Å². The third-order valence-corrected chi connectivity index (χ3v) is 4.98. The second-order valence-corrected chi connectivity index (χ2v) is 6.62. The van der Waals surface area contributed by atoms with Crippen LogP contribution in [0.4, 0.5) is 0 Å². The third-order valence-electron chi connectivity index (χ3n) is 4.07. The highest BCUT2D eigenvalue weighted by atomic mass is 32.1. The summed E-state index contributed by atoms with van der Waals surface area (Å²) >= 11 is 1.65. The molecular formula is C21H18O4S. The number of methoxy groups -OCH3 is 2. The maximum atomic E-state index is 12.7. The van der Waals surface area contributed by atoms with Crippen LogP contribution in [0.1, 0.15) is 26.3 Å². The van der Waals surface area contributed by atoms with Gasteiger partial charge in [0.1, 0.15) is 5.75 Å². The van der Waals surface area contributed by atoms with Crippen molar-refractivity contribution in [3.63, 3.8) is 0 Å². The molecule has 1 heterocycles. The van der Waals surface area contributed by atoms with Gasteiger partial charge in [0.05, 0.1) is 19.8 Å². The summed E-state index contributed by atoms with van der Waals surface area (Å²) in [6.07, 6.45) is 0.222. The fourth-order valence-electron chi connectivity index (χ4n) is 2.70. The molecule has 4 nitrogen and oxygen atoms in total. The van der Waals surface area contributed by atoms with E-state index in [-0.39, 0.29) is 12.2 Å². The molecule has 0 aliphatic heterocycles. The van der Waals surface area contributed by atoms with Crippen LogP contribution < -0.4 is 4.74 Å². The number of rotatable bonds is 6. The lowest BCUT2D eigenvalue weighted by Crippen LogP contribution is -2.07. The van der Waals surface area contributed by atoms with Crippen LogP contribution in [0.5, 0.6) is 5.75 Å². The number of ether oxygens (including phenoxy) is 2. The van der Waals surface area contributed by atoms with Crippen molar-refractivity contribution in [3.05, 3.63) is 76.7 Å². The Morgan fingerprint density at radius 3 is 2.31 bits per heavy atom. The van der Waals surface area contributed by atoms with E-state index >= 15 is 0 Å². The zero-order valence-electron chi connectivity index (χ0n) is 14.5. The van der Waals surface area contributed by atoms with Crippen LogP contribution in [0.3, 0.4) is 0 Å². The van der Waals surface area contributed by atoms with Gasteiger partial charge in [0.15, 0.2) is 5.78 Å². The highest BCUT2D eigenvalue weighted by Crippen LogP contribution is 2.30. The van der Waals surface area contributed by atoms with E-state index in [1.54, 1.807) is 42.7 Å². The first kappa shape index (κ1) is 17.9. The molecule has 0 unspecified atom stereocenters. The molecule has 3 aromatic rings. The molecule has 0 N–H and O–H groups in total. The van der Waals surface area contributed by atoms with Crippen LogP contribution in [0.15, 0.2) is 60.0 Å². The number of benzene rings is 2. The summed E-state index contributed by atoms with van der Waals surface area (Å²) in [5.41, 5.74) is 2.85. The van der Waals surface area contributed by atoms with Crippen molar-refractivity contribution >= 4 is 23.1 Å². The zero-order chi connectivity index (χ0) is 18.5. The number of Topliss-reactive ketones (excluding diaryl/α,β-unsaturated/α-hetero) is 1. The molecule has 0 amide bonds. The van der Waals surface area contributed by atoms with E-state index < -0.39 is 5.97 Å². The van der Waals surface area contributed by atoms with Gasteiger partial charge in [-0.1, -0.05) is 18.2 Å². The molecule has 0 aliphatic rings. The van der Waals surface area contributed by atoms with E-state index in [1.165, 1.54) is 7.11 Å². The minimum absolute atomic E-state index is 0.0388. The van der Waals surface area contributed by atoms with Crippen molar-refractivity contribution in [1.29, 1.82) is 0 Å². The quantitative estimate of drug-likeness (QED) is 0.471. The first-order valence-corrected chi connectivity index (χ1v) is 8.92. The topological polar surface area (TPSA) is 52.6 Å². The highest BCUT2D eigenvalue weighted by molar-refractivity contribution is 7.13. The van der Waals surface area contributed by atoms with Crippen molar-refractivity contribution in [3.8, 4) is 16.2 Å². The number of hydrogen-bond acceptors (Lipinski definition) is 5. The molecule has 26 heavy (non-hydrogen) atoms. The van der Waals surface area contributed by atoms with Crippen LogP contribution in [0.2, 0.25) is 0 Å². The van der Waals surface area contributed by atoms with E-state index in [0.29, 0.717) is 16.9 Å². The van der Waals surface area contributed by atoms with Gasteiger partial charge in [0.2, 0.25) is 0 Å². The van der Waals surface area contributed by atoms with Gasteiger partial charge in [-0.05, 0) is 47.3 Å². The molecule has 2 aromatic carbocycles. The summed E-state index contributed by atoms with van der Waals surface area (Å²) in [5, 5.41) is 2.02. The Kier molecular flexibility index (Phi) is 5.49. The number of esters is 1. The van der Waals surface area contributed by atoms with Gasteiger partial charge < -0.3 is 9.47 Å². The lowest BCUT2D eigenvalue weighted by atomic mass is 9.99. The highest BCUT2D eigenvalue weighted by Gasteiger charge is 2.14. The van der Waals surface area contributed by atoms with Gasteiger partial charge >= 0.3 is 5.97 Å². The molecule has 5 heteroatoms. The molecule has 0 bridgehead atoms. The minimum atomic E-state index is -0.422. The Balaban J connectivity index is 1.84. The molecule has 132 valence electrons. The van der Waals surface area contributed by atoms with E-state index in [4.69, 9.17) is 4.74 Å². The Morgan fingerprint density at radius 2 is 1.69 bits per heavy atom. The zero-order valence-corrected chi connectivity index (χ0v) is 15.3. The fourth-order valence-corrected chi connectivity index (χ4v) is 3.42. The average molecular weight is 366 g/mol. The van der Waals surface area contributed by atoms with E-state index in [9.17, 15) is 9.59 Å². The number of carbonyl (C=O) groups excluding carboxylic acids is 2. The summed E-state index contributed by atoms with van der Waals surface area (Å²) in [5.74, 6) is 0.224. The largest absolute Gasteiger partial charge is 0.496 e. The second kappa shape index (κ2) is 7.97. The van der Waals surface area contributed by atoms with Crippen molar-refractivity contribution < 1.29 is 19.1 Å². The molecular weight excluding hydrogens is 348 g/mol. The van der Waals surface area contributed by atoms with Gasteiger partial charge in [-0.25, -0.2) is 4.79 Å². The molecule has 0 atom stereocenters. The number of ketones is 1. The Hall–Kier alpha value is -2.92. The van der Waals surface area contributed by atoms with Gasteiger partial charge in [-0.15, -0.1) is 11.3 Å². The number of thiophene rings is 1. The minimum Gasteiger partial charge on any atom is -0.496 e. The summed E-state index contributed by atoms with van der Waals surface area (Å²) < 4.78 is 10.1. The second-order valence-electron chi connectivity index (χ2n) is 5.67. The van der Waals surface area contributed by atoms with E-state index in [0.717, 1.165) is 16.0 Å². The molecule has 0 fully saturated rings. The van der Waals surface area contributed by atoms with E-state index in [1.807, 2.05) is 35.7 Å². The van der Waals surface area contributed by atoms with Crippen LogP contribution >= 0.6 is 11.3 Å². The van der Waals surface area contributed by atoms with Crippen LogP contribution in [0.25, 0.3) is 10.4 Å².